The smallest absolute Gasteiger partial charge is 0.260 e. The van der Waals surface area contributed by atoms with Gasteiger partial charge in [-0.15, -0.1) is 0 Å². The Morgan fingerprint density at radius 2 is 2.05 bits per heavy atom. The molecule has 0 saturated heterocycles. The lowest BCUT2D eigenvalue weighted by molar-refractivity contribution is -0.134. The first-order valence-electron chi connectivity index (χ1n) is 7.19. The van der Waals surface area contributed by atoms with Crippen molar-refractivity contribution in [2.45, 2.75) is 31.7 Å². The van der Waals surface area contributed by atoms with Crippen molar-refractivity contribution in [2.24, 2.45) is 5.92 Å². The van der Waals surface area contributed by atoms with Crippen molar-refractivity contribution in [3.8, 4) is 11.8 Å². The number of carbonyl (C=O) groups excluding carboxylic acids is 1. The van der Waals surface area contributed by atoms with E-state index in [1.54, 1.807) is 18.2 Å². The standard InChI is InChI=1S/C16H18N2O2/c17-9-13-3-1-2-4-15(13)20-11-16(19)18(14-7-8-14)10-12-5-6-12/h1-4,12,14H,5-8,10-11H2. The minimum absolute atomic E-state index is 0.0297. The number of carbonyl (C=O) groups is 1. The van der Waals surface area contributed by atoms with Gasteiger partial charge in [0.2, 0.25) is 0 Å². The van der Waals surface area contributed by atoms with E-state index < -0.39 is 0 Å². The van der Waals surface area contributed by atoms with Gasteiger partial charge in [0.1, 0.15) is 11.8 Å². The van der Waals surface area contributed by atoms with Crippen LogP contribution in [-0.4, -0.2) is 30.0 Å². The van der Waals surface area contributed by atoms with Crippen LogP contribution in [0.15, 0.2) is 24.3 Å². The Bertz CT molecular complexity index is 542. The van der Waals surface area contributed by atoms with Gasteiger partial charge in [-0.1, -0.05) is 12.1 Å². The van der Waals surface area contributed by atoms with Crippen LogP contribution in [0.3, 0.4) is 0 Å². The number of nitrogens with zero attached hydrogens (tertiary/aromatic N) is 2. The molecule has 20 heavy (non-hydrogen) atoms. The molecule has 0 radical (unpaired) electrons. The minimum Gasteiger partial charge on any atom is -0.482 e. The van der Waals surface area contributed by atoms with E-state index >= 15 is 0 Å². The lowest BCUT2D eigenvalue weighted by Gasteiger charge is -2.22. The SMILES string of the molecule is N#Cc1ccccc1OCC(=O)N(CC1CC1)C1CC1. The minimum atomic E-state index is 0.0297. The predicted octanol–water partition coefficient (Wildman–Crippen LogP) is 2.34. The number of rotatable bonds is 6. The molecule has 0 N–H and O–H groups in total. The van der Waals surface area contributed by atoms with Crippen molar-refractivity contribution in [2.75, 3.05) is 13.2 Å². The Morgan fingerprint density at radius 3 is 2.70 bits per heavy atom. The monoisotopic (exact) mass is 270 g/mol. The van der Waals surface area contributed by atoms with Gasteiger partial charge in [0.15, 0.2) is 6.61 Å². The fourth-order valence-electron chi connectivity index (χ4n) is 2.33. The maximum Gasteiger partial charge on any atom is 0.260 e. The highest BCUT2D eigenvalue weighted by atomic mass is 16.5. The van der Waals surface area contributed by atoms with Gasteiger partial charge in [-0.2, -0.15) is 5.26 Å². The second kappa shape index (κ2) is 5.54. The summed E-state index contributed by atoms with van der Waals surface area (Å²) in [7, 11) is 0. The van der Waals surface area contributed by atoms with E-state index in [0.717, 1.165) is 19.4 Å². The molecule has 1 aromatic carbocycles. The van der Waals surface area contributed by atoms with Crippen LogP contribution in [0.1, 0.15) is 31.2 Å². The van der Waals surface area contributed by atoms with Gasteiger partial charge in [0.05, 0.1) is 5.56 Å². The Morgan fingerprint density at radius 1 is 1.30 bits per heavy atom. The Kier molecular flexibility index (Phi) is 3.60. The summed E-state index contributed by atoms with van der Waals surface area (Å²) < 4.78 is 5.54. The fraction of sp³-hybridized carbons (Fsp3) is 0.500. The number of ether oxygens (including phenoxy) is 1. The van der Waals surface area contributed by atoms with E-state index in [4.69, 9.17) is 10.00 Å². The van der Waals surface area contributed by atoms with Crippen LogP contribution in [0.2, 0.25) is 0 Å². The molecule has 0 unspecified atom stereocenters. The summed E-state index contributed by atoms with van der Waals surface area (Å²) in [5.41, 5.74) is 0.473. The second-order valence-electron chi connectivity index (χ2n) is 5.62. The van der Waals surface area contributed by atoms with Crippen LogP contribution >= 0.6 is 0 Å². The van der Waals surface area contributed by atoms with Crippen molar-refractivity contribution < 1.29 is 9.53 Å². The molecule has 0 heterocycles. The summed E-state index contributed by atoms with van der Waals surface area (Å²) in [6.07, 6.45) is 4.73. The van der Waals surface area contributed by atoms with Gasteiger partial charge < -0.3 is 9.64 Å². The number of benzene rings is 1. The van der Waals surface area contributed by atoms with Crippen LogP contribution < -0.4 is 4.74 Å². The van der Waals surface area contributed by atoms with Crippen molar-refractivity contribution in [3.63, 3.8) is 0 Å². The normalized spacial score (nSPS) is 17.4. The summed E-state index contributed by atoms with van der Waals surface area (Å²) in [5, 5.41) is 8.99. The quantitative estimate of drug-likeness (QED) is 0.797. The topological polar surface area (TPSA) is 53.3 Å². The van der Waals surface area contributed by atoms with E-state index in [-0.39, 0.29) is 12.5 Å². The zero-order chi connectivity index (χ0) is 13.9. The molecule has 4 heteroatoms. The van der Waals surface area contributed by atoms with Gasteiger partial charge in [0, 0.05) is 12.6 Å². The van der Waals surface area contributed by atoms with Gasteiger partial charge in [0.25, 0.3) is 5.91 Å². The zero-order valence-electron chi connectivity index (χ0n) is 11.4. The molecule has 2 aliphatic rings. The number of amides is 1. The zero-order valence-corrected chi connectivity index (χ0v) is 11.4. The first-order valence-corrected chi connectivity index (χ1v) is 7.19. The lowest BCUT2D eigenvalue weighted by Crippen LogP contribution is -2.38. The van der Waals surface area contributed by atoms with Crippen molar-refractivity contribution in [1.82, 2.24) is 4.90 Å². The third kappa shape index (κ3) is 3.11. The predicted molar refractivity (Wildman–Crippen MR) is 74.1 cm³/mol. The number of hydrogen-bond donors (Lipinski definition) is 0. The summed E-state index contributed by atoms with van der Waals surface area (Å²) in [4.78, 5) is 14.3. The van der Waals surface area contributed by atoms with Crippen LogP contribution in [0.25, 0.3) is 0 Å². The van der Waals surface area contributed by atoms with Gasteiger partial charge in [-0.3, -0.25) is 4.79 Å². The lowest BCUT2D eigenvalue weighted by atomic mass is 10.2. The molecule has 1 aromatic rings. The molecule has 2 aliphatic carbocycles. The van der Waals surface area contributed by atoms with E-state index in [9.17, 15) is 4.79 Å². The summed E-state index contributed by atoms with van der Waals surface area (Å²) in [5.74, 6) is 1.24. The highest BCUT2D eigenvalue weighted by Gasteiger charge is 2.36. The maximum atomic E-state index is 12.3. The molecular weight excluding hydrogens is 252 g/mol. The molecule has 0 bridgehead atoms. The largest absolute Gasteiger partial charge is 0.482 e. The number of hydrogen-bond acceptors (Lipinski definition) is 3. The summed E-state index contributed by atoms with van der Waals surface area (Å²) >= 11 is 0. The van der Waals surface area contributed by atoms with E-state index in [2.05, 4.69) is 6.07 Å². The van der Waals surface area contributed by atoms with Crippen LogP contribution in [0.5, 0.6) is 5.75 Å². The third-order valence-corrected chi connectivity index (χ3v) is 3.82. The van der Waals surface area contributed by atoms with Crippen LogP contribution in [0.4, 0.5) is 0 Å². The van der Waals surface area contributed by atoms with Crippen LogP contribution in [0, 0.1) is 17.2 Å². The van der Waals surface area contributed by atoms with Crippen LogP contribution in [-0.2, 0) is 4.79 Å². The van der Waals surface area contributed by atoms with E-state index in [0.29, 0.717) is 23.3 Å². The van der Waals surface area contributed by atoms with Gasteiger partial charge in [-0.05, 0) is 43.7 Å². The molecule has 1 amide bonds. The number of nitriles is 1. The average molecular weight is 270 g/mol. The van der Waals surface area contributed by atoms with Crippen molar-refractivity contribution in [1.29, 1.82) is 5.26 Å². The molecule has 2 fully saturated rings. The number of para-hydroxylation sites is 1. The first-order chi connectivity index (χ1) is 9.78. The molecule has 2 saturated carbocycles. The molecular formula is C16H18N2O2. The molecule has 3 rings (SSSR count). The molecule has 0 atom stereocenters. The van der Waals surface area contributed by atoms with E-state index in [1.165, 1.54) is 12.8 Å². The van der Waals surface area contributed by atoms with Crippen molar-refractivity contribution >= 4 is 5.91 Å². The second-order valence-corrected chi connectivity index (χ2v) is 5.62. The fourth-order valence-corrected chi connectivity index (χ4v) is 2.33. The first kappa shape index (κ1) is 13.0. The molecule has 104 valence electrons. The molecule has 0 spiro atoms. The van der Waals surface area contributed by atoms with Crippen molar-refractivity contribution in [3.05, 3.63) is 29.8 Å². The Hall–Kier alpha value is -2.02. The average Bonchev–Trinajstić information content (AvgIpc) is 3.35. The Balaban J connectivity index is 1.58. The molecule has 0 aliphatic heterocycles. The van der Waals surface area contributed by atoms with E-state index in [1.807, 2.05) is 11.0 Å². The molecule has 0 aromatic heterocycles. The highest BCUT2D eigenvalue weighted by molar-refractivity contribution is 5.78. The summed E-state index contributed by atoms with van der Waals surface area (Å²) in [6, 6.07) is 9.53. The Labute approximate surface area is 118 Å². The van der Waals surface area contributed by atoms with Gasteiger partial charge in [-0.25, -0.2) is 0 Å². The highest BCUT2D eigenvalue weighted by Crippen LogP contribution is 2.34. The third-order valence-electron chi connectivity index (χ3n) is 3.82. The summed E-state index contributed by atoms with van der Waals surface area (Å²) in [6.45, 7) is 0.911. The molecule has 4 nitrogen and oxygen atoms in total. The van der Waals surface area contributed by atoms with Gasteiger partial charge >= 0.3 is 0 Å². The maximum absolute atomic E-state index is 12.3.